The predicted molar refractivity (Wildman–Crippen MR) is 38.0 cm³/mol. The molecular formula is C4H4N4O2S. The average Bonchev–Trinajstić information content (AvgIpc) is 2.40. The van der Waals surface area contributed by atoms with E-state index in [1.165, 1.54) is 5.38 Å². The summed E-state index contributed by atoms with van der Waals surface area (Å²) in [5, 5.41) is 4.91. The Hall–Kier alpha value is -1.50. The molecule has 0 aliphatic heterocycles. The second-order valence-electron chi connectivity index (χ2n) is 1.58. The molecule has 7 heteroatoms. The Morgan fingerprint density at radius 2 is 2.55 bits per heavy atom. The zero-order valence-electron chi connectivity index (χ0n) is 5.30. The molecule has 1 aromatic heterocycles. The van der Waals surface area contributed by atoms with Crippen molar-refractivity contribution in [1.82, 2.24) is 9.59 Å². The molecule has 0 bridgehead atoms. The smallest absolute Gasteiger partial charge is 0.327 e. The van der Waals surface area contributed by atoms with E-state index in [1.807, 2.05) is 0 Å². The number of imide groups is 1. The van der Waals surface area contributed by atoms with Gasteiger partial charge in [0.15, 0.2) is 5.82 Å². The number of primary amides is 1. The quantitative estimate of drug-likeness (QED) is 0.613. The van der Waals surface area contributed by atoms with Crippen LogP contribution in [0.1, 0.15) is 0 Å². The summed E-state index contributed by atoms with van der Waals surface area (Å²) in [6.07, 6.45) is 0.291. The Kier molecular flexibility index (Phi) is 2.12. The first-order chi connectivity index (χ1) is 5.25. The summed E-state index contributed by atoms with van der Waals surface area (Å²) in [7, 11) is 0. The molecule has 0 radical (unpaired) electrons. The van der Waals surface area contributed by atoms with Gasteiger partial charge in [-0.15, -0.1) is 5.10 Å². The molecule has 1 rings (SSSR count). The predicted octanol–water partition coefficient (Wildman–Crippen LogP) is -0.420. The van der Waals surface area contributed by atoms with Gasteiger partial charge in [-0.05, 0) is 11.5 Å². The van der Waals surface area contributed by atoms with E-state index in [1.54, 1.807) is 0 Å². The summed E-state index contributed by atoms with van der Waals surface area (Å²) in [5.41, 5.74) is 4.83. The molecule has 0 spiro atoms. The zero-order valence-corrected chi connectivity index (χ0v) is 6.11. The van der Waals surface area contributed by atoms with Gasteiger partial charge in [-0.1, -0.05) is 4.49 Å². The first kappa shape index (κ1) is 7.61. The van der Waals surface area contributed by atoms with Gasteiger partial charge in [0.1, 0.15) is 0 Å². The summed E-state index contributed by atoms with van der Waals surface area (Å²) in [6.45, 7) is 0. The van der Waals surface area contributed by atoms with Crippen molar-refractivity contribution in [3.63, 3.8) is 0 Å². The van der Waals surface area contributed by atoms with Gasteiger partial charge in [0, 0.05) is 0 Å². The minimum atomic E-state index is -0.868. The van der Waals surface area contributed by atoms with E-state index in [-0.39, 0.29) is 5.82 Å². The van der Waals surface area contributed by atoms with E-state index >= 15 is 0 Å². The fourth-order valence-electron chi connectivity index (χ4n) is 0.483. The average molecular weight is 172 g/mol. The Morgan fingerprint density at radius 3 is 2.91 bits per heavy atom. The first-order valence-electron chi connectivity index (χ1n) is 2.56. The lowest BCUT2D eigenvalue weighted by atomic mass is 10.7. The SMILES string of the molecule is NC(=O)N(C=O)c1csnn1. The lowest BCUT2D eigenvalue weighted by molar-refractivity contribution is -0.106. The fourth-order valence-corrected chi connectivity index (χ4v) is 0.916. The van der Waals surface area contributed by atoms with Gasteiger partial charge in [0.05, 0.1) is 5.38 Å². The van der Waals surface area contributed by atoms with Crippen molar-refractivity contribution in [2.75, 3.05) is 4.90 Å². The van der Waals surface area contributed by atoms with Crippen molar-refractivity contribution in [1.29, 1.82) is 0 Å². The highest BCUT2D eigenvalue weighted by Gasteiger charge is 2.12. The van der Waals surface area contributed by atoms with Crippen molar-refractivity contribution in [3.8, 4) is 0 Å². The van der Waals surface area contributed by atoms with Crippen molar-refractivity contribution in [2.24, 2.45) is 5.73 Å². The third-order valence-corrected chi connectivity index (χ3v) is 1.43. The van der Waals surface area contributed by atoms with Crippen LogP contribution in [0.25, 0.3) is 0 Å². The number of nitrogens with zero attached hydrogens (tertiary/aromatic N) is 3. The van der Waals surface area contributed by atoms with Crippen LogP contribution < -0.4 is 10.6 Å². The highest BCUT2D eigenvalue weighted by molar-refractivity contribution is 7.03. The molecule has 0 atom stereocenters. The van der Waals surface area contributed by atoms with Crippen LogP contribution in [-0.4, -0.2) is 22.0 Å². The van der Waals surface area contributed by atoms with Gasteiger partial charge >= 0.3 is 6.03 Å². The van der Waals surface area contributed by atoms with Crippen molar-refractivity contribution < 1.29 is 9.59 Å². The molecule has 3 amide bonds. The summed E-state index contributed by atoms with van der Waals surface area (Å²) < 4.78 is 3.46. The monoisotopic (exact) mass is 172 g/mol. The molecule has 2 N–H and O–H groups in total. The molecule has 0 saturated heterocycles. The van der Waals surface area contributed by atoms with Crippen LogP contribution >= 0.6 is 11.5 Å². The third kappa shape index (κ3) is 1.49. The Balaban J connectivity index is 2.88. The van der Waals surface area contributed by atoms with Crippen LogP contribution in [-0.2, 0) is 4.79 Å². The minimum absolute atomic E-state index is 0.150. The van der Waals surface area contributed by atoms with Crippen molar-refractivity contribution in [2.45, 2.75) is 0 Å². The lowest BCUT2D eigenvalue weighted by Gasteiger charge is -2.05. The molecule has 6 nitrogen and oxygen atoms in total. The van der Waals surface area contributed by atoms with Crippen LogP contribution in [0.4, 0.5) is 10.6 Å². The molecule has 0 fully saturated rings. The number of hydrogen-bond donors (Lipinski definition) is 1. The Labute approximate surface area is 65.8 Å². The number of hydrogen-bond acceptors (Lipinski definition) is 5. The van der Waals surface area contributed by atoms with E-state index < -0.39 is 6.03 Å². The molecule has 0 unspecified atom stereocenters. The van der Waals surface area contributed by atoms with Gasteiger partial charge in [-0.25, -0.2) is 9.69 Å². The number of rotatable bonds is 2. The van der Waals surface area contributed by atoms with E-state index in [9.17, 15) is 9.59 Å². The molecule has 1 aromatic rings. The van der Waals surface area contributed by atoms with Gasteiger partial charge < -0.3 is 5.73 Å². The second-order valence-corrected chi connectivity index (χ2v) is 2.19. The number of carbonyl (C=O) groups is 2. The number of amides is 3. The van der Waals surface area contributed by atoms with E-state index in [4.69, 9.17) is 5.73 Å². The van der Waals surface area contributed by atoms with Crippen LogP contribution in [0, 0.1) is 0 Å². The van der Waals surface area contributed by atoms with Crippen LogP contribution in [0.15, 0.2) is 5.38 Å². The van der Waals surface area contributed by atoms with E-state index in [0.717, 1.165) is 11.5 Å². The maximum atomic E-state index is 10.5. The van der Waals surface area contributed by atoms with E-state index in [0.29, 0.717) is 11.3 Å². The third-order valence-electron chi connectivity index (χ3n) is 0.938. The van der Waals surface area contributed by atoms with Gasteiger partial charge in [0.25, 0.3) is 0 Å². The highest BCUT2D eigenvalue weighted by atomic mass is 32.1. The Morgan fingerprint density at radius 1 is 1.82 bits per heavy atom. The fraction of sp³-hybridized carbons (Fsp3) is 0. The summed E-state index contributed by atoms with van der Waals surface area (Å²) in [4.78, 5) is 21.4. The largest absolute Gasteiger partial charge is 0.351 e. The highest BCUT2D eigenvalue weighted by Crippen LogP contribution is 2.08. The van der Waals surface area contributed by atoms with Gasteiger partial charge in [-0.3, -0.25) is 4.79 Å². The molecule has 0 saturated carbocycles. The van der Waals surface area contributed by atoms with Crippen LogP contribution in [0.3, 0.4) is 0 Å². The zero-order chi connectivity index (χ0) is 8.27. The number of anilines is 1. The van der Waals surface area contributed by atoms with Crippen molar-refractivity contribution >= 4 is 29.8 Å². The number of carbonyl (C=O) groups excluding carboxylic acids is 2. The maximum Gasteiger partial charge on any atom is 0.327 e. The standard InChI is InChI=1S/C4H4N4O2S/c5-4(10)8(2-9)3-1-11-7-6-3/h1-2H,(H2,5,10). The molecule has 0 aromatic carbocycles. The summed E-state index contributed by atoms with van der Waals surface area (Å²) >= 11 is 1.03. The number of urea groups is 1. The molecule has 11 heavy (non-hydrogen) atoms. The first-order valence-corrected chi connectivity index (χ1v) is 3.40. The van der Waals surface area contributed by atoms with Gasteiger partial charge in [-0.2, -0.15) is 0 Å². The normalized spacial score (nSPS) is 9.09. The van der Waals surface area contributed by atoms with Crippen molar-refractivity contribution in [3.05, 3.63) is 5.38 Å². The Bertz CT molecular complexity index is 259. The maximum absolute atomic E-state index is 10.5. The second kappa shape index (κ2) is 3.06. The molecule has 1 heterocycles. The molecule has 58 valence electrons. The number of aromatic nitrogens is 2. The molecular weight excluding hydrogens is 168 g/mol. The van der Waals surface area contributed by atoms with E-state index in [2.05, 4.69) is 9.59 Å². The molecule has 0 aliphatic rings. The summed E-state index contributed by atoms with van der Waals surface area (Å²) in [5.74, 6) is 0.150. The topological polar surface area (TPSA) is 89.2 Å². The minimum Gasteiger partial charge on any atom is -0.351 e. The van der Waals surface area contributed by atoms with Crippen LogP contribution in [0.2, 0.25) is 0 Å². The molecule has 0 aliphatic carbocycles. The lowest BCUT2D eigenvalue weighted by Crippen LogP contribution is -2.34. The van der Waals surface area contributed by atoms with Crippen LogP contribution in [0.5, 0.6) is 0 Å². The number of nitrogens with two attached hydrogens (primary N) is 1. The summed E-state index contributed by atoms with van der Waals surface area (Å²) in [6, 6.07) is -0.868. The van der Waals surface area contributed by atoms with Gasteiger partial charge in [0.2, 0.25) is 6.41 Å².